The van der Waals surface area contributed by atoms with E-state index in [2.05, 4.69) is 0 Å². The van der Waals surface area contributed by atoms with Crippen LogP contribution in [-0.2, 0) is 14.3 Å². The number of methoxy groups -OCH3 is 1. The van der Waals surface area contributed by atoms with Gasteiger partial charge in [0.2, 0.25) is 5.91 Å². The van der Waals surface area contributed by atoms with Crippen LogP contribution in [0.1, 0.15) is 19.8 Å². The van der Waals surface area contributed by atoms with Gasteiger partial charge in [0.1, 0.15) is 0 Å². The van der Waals surface area contributed by atoms with E-state index in [9.17, 15) is 9.59 Å². The average Bonchev–Trinajstić information content (AvgIpc) is 2.37. The van der Waals surface area contributed by atoms with Crippen LogP contribution in [0.2, 0.25) is 0 Å². The molecule has 17 heavy (non-hydrogen) atoms. The number of esters is 1. The predicted octanol–water partition coefficient (Wildman–Crippen LogP) is 0.350. The van der Waals surface area contributed by atoms with E-state index in [-0.39, 0.29) is 17.8 Å². The van der Waals surface area contributed by atoms with Gasteiger partial charge >= 0.3 is 5.97 Å². The molecule has 1 rings (SSSR count). The summed E-state index contributed by atoms with van der Waals surface area (Å²) in [6, 6.07) is 0. The molecule has 1 amide bonds. The largest absolute Gasteiger partial charge is 0.469 e. The van der Waals surface area contributed by atoms with Gasteiger partial charge in [0.05, 0.1) is 19.6 Å². The van der Waals surface area contributed by atoms with Gasteiger partial charge in [0, 0.05) is 20.1 Å². The van der Waals surface area contributed by atoms with Crippen molar-refractivity contribution >= 4 is 11.9 Å². The fourth-order valence-electron chi connectivity index (χ4n) is 2.05. The number of amides is 1. The van der Waals surface area contributed by atoms with E-state index in [0.717, 1.165) is 19.4 Å². The highest BCUT2D eigenvalue weighted by Gasteiger charge is 2.27. The summed E-state index contributed by atoms with van der Waals surface area (Å²) in [5, 5.41) is 0. The number of hydrogen-bond donors (Lipinski definition) is 0. The minimum Gasteiger partial charge on any atom is -0.469 e. The zero-order valence-corrected chi connectivity index (χ0v) is 10.9. The van der Waals surface area contributed by atoms with Crippen LogP contribution in [0.25, 0.3) is 0 Å². The third-order valence-electron chi connectivity index (χ3n) is 3.30. The minimum absolute atomic E-state index is 0.0755. The smallest absolute Gasteiger partial charge is 0.309 e. The maximum absolute atomic E-state index is 11.8. The lowest BCUT2D eigenvalue weighted by molar-refractivity contribution is -0.148. The topological polar surface area (TPSA) is 49.9 Å². The highest BCUT2D eigenvalue weighted by molar-refractivity contribution is 5.78. The van der Waals surface area contributed by atoms with E-state index >= 15 is 0 Å². The third-order valence-corrected chi connectivity index (χ3v) is 3.30. The molecule has 1 atom stereocenters. The molecule has 5 nitrogen and oxygen atoms in total. The van der Waals surface area contributed by atoms with Crippen LogP contribution in [0.4, 0.5) is 0 Å². The van der Waals surface area contributed by atoms with Crippen LogP contribution < -0.4 is 0 Å². The van der Waals surface area contributed by atoms with E-state index in [1.807, 2.05) is 11.8 Å². The van der Waals surface area contributed by atoms with Gasteiger partial charge in [-0.1, -0.05) is 0 Å². The molecule has 0 N–H and O–H groups in total. The zero-order chi connectivity index (χ0) is 12.8. The molecule has 0 spiro atoms. The summed E-state index contributed by atoms with van der Waals surface area (Å²) < 4.78 is 4.75. The second-order valence-electron chi connectivity index (χ2n) is 4.51. The molecule has 1 fully saturated rings. The van der Waals surface area contributed by atoms with Gasteiger partial charge in [-0.05, 0) is 26.3 Å². The molecule has 0 aromatic rings. The summed E-state index contributed by atoms with van der Waals surface area (Å²) in [4.78, 5) is 26.9. The van der Waals surface area contributed by atoms with Crippen molar-refractivity contribution in [1.29, 1.82) is 0 Å². The second kappa shape index (κ2) is 6.59. The number of piperidine rings is 1. The molecule has 1 aliphatic heterocycles. The standard InChI is InChI=1S/C12H22N2O3/c1-4-13(2)11(15)9-14-7-5-6-10(8-14)12(16)17-3/h10H,4-9H2,1-3H3. The van der Waals surface area contributed by atoms with Crippen molar-refractivity contribution in [2.45, 2.75) is 19.8 Å². The van der Waals surface area contributed by atoms with Gasteiger partial charge in [0.15, 0.2) is 0 Å². The van der Waals surface area contributed by atoms with Gasteiger partial charge < -0.3 is 9.64 Å². The van der Waals surface area contributed by atoms with E-state index in [1.165, 1.54) is 7.11 Å². The van der Waals surface area contributed by atoms with Crippen molar-refractivity contribution in [2.24, 2.45) is 5.92 Å². The van der Waals surface area contributed by atoms with Crippen molar-refractivity contribution in [3.63, 3.8) is 0 Å². The van der Waals surface area contributed by atoms with Gasteiger partial charge in [0.25, 0.3) is 0 Å². The van der Waals surface area contributed by atoms with Crippen molar-refractivity contribution in [3.05, 3.63) is 0 Å². The Morgan fingerprint density at radius 2 is 2.18 bits per heavy atom. The number of rotatable bonds is 4. The molecule has 0 bridgehead atoms. The molecule has 0 aromatic carbocycles. The maximum Gasteiger partial charge on any atom is 0.309 e. The molecule has 1 unspecified atom stereocenters. The molecule has 0 radical (unpaired) electrons. The van der Waals surface area contributed by atoms with Crippen LogP contribution in [0.3, 0.4) is 0 Å². The summed E-state index contributed by atoms with van der Waals surface area (Å²) in [5.41, 5.74) is 0. The highest BCUT2D eigenvalue weighted by Crippen LogP contribution is 2.17. The van der Waals surface area contributed by atoms with E-state index < -0.39 is 0 Å². The maximum atomic E-state index is 11.8. The summed E-state index contributed by atoms with van der Waals surface area (Å²) in [6.07, 6.45) is 1.81. The Balaban J connectivity index is 2.44. The Morgan fingerprint density at radius 1 is 1.47 bits per heavy atom. The van der Waals surface area contributed by atoms with E-state index in [0.29, 0.717) is 19.6 Å². The first-order valence-corrected chi connectivity index (χ1v) is 6.12. The molecule has 0 aromatic heterocycles. The summed E-state index contributed by atoms with van der Waals surface area (Å²) in [7, 11) is 3.21. The lowest BCUT2D eigenvalue weighted by atomic mass is 9.98. The molecule has 1 aliphatic rings. The number of likely N-dealkylation sites (N-methyl/N-ethyl adjacent to an activating group) is 1. The monoisotopic (exact) mass is 242 g/mol. The minimum atomic E-state index is -0.161. The molecule has 1 saturated heterocycles. The number of carbonyl (C=O) groups excluding carboxylic acids is 2. The first-order valence-electron chi connectivity index (χ1n) is 6.12. The summed E-state index contributed by atoms with van der Waals surface area (Å²) in [6.45, 7) is 4.59. The van der Waals surface area contributed by atoms with Gasteiger partial charge in [-0.15, -0.1) is 0 Å². The van der Waals surface area contributed by atoms with Crippen LogP contribution in [0.5, 0.6) is 0 Å². The molecule has 1 heterocycles. The number of carbonyl (C=O) groups is 2. The predicted molar refractivity (Wildman–Crippen MR) is 64.5 cm³/mol. The Morgan fingerprint density at radius 3 is 2.76 bits per heavy atom. The Labute approximate surface area is 103 Å². The van der Waals surface area contributed by atoms with E-state index in [1.54, 1.807) is 11.9 Å². The third kappa shape index (κ3) is 4.00. The molecular weight excluding hydrogens is 220 g/mol. The highest BCUT2D eigenvalue weighted by atomic mass is 16.5. The zero-order valence-electron chi connectivity index (χ0n) is 10.9. The van der Waals surface area contributed by atoms with Crippen molar-refractivity contribution < 1.29 is 14.3 Å². The fourth-order valence-corrected chi connectivity index (χ4v) is 2.05. The van der Waals surface area contributed by atoms with Gasteiger partial charge in [-0.3, -0.25) is 14.5 Å². The number of likely N-dealkylation sites (tertiary alicyclic amines) is 1. The summed E-state index contributed by atoms with van der Waals surface area (Å²) in [5.74, 6) is -0.127. The van der Waals surface area contributed by atoms with Crippen LogP contribution in [0, 0.1) is 5.92 Å². The SMILES string of the molecule is CCN(C)C(=O)CN1CCCC(C(=O)OC)C1. The Kier molecular flexibility index (Phi) is 5.41. The molecular formula is C12H22N2O3. The second-order valence-corrected chi connectivity index (χ2v) is 4.51. The fraction of sp³-hybridized carbons (Fsp3) is 0.833. The lowest BCUT2D eigenvalue weighted by Gasteiger charge is -2.31. The van der Waals surface area contributed by atoms with Crippen LogP contribution >= 0.6 is 0 Å². The molecule has 0 saturated carbocycles. The normalized spacial score (nSPS) is 21.0. The average molecular weight is 242 g/mol. The quantitative estimate of drug-likeness (QED) is 0.667. The van der Waals surface area contributed by atoms with E-state index in [4.69, 9.17) is 4.74 Å². The molecule has 5 heteroatoms. The van der Waals surface area contributed by atoms with Crippen molar-refractivity contribution in [3.8, 4) is 0 Å². The molecule has 98 valence electrons. The van der Waals surface area contributed by atoms with Gasteiger partial charge in [-0.25, -0.2) is 0 Å². The first kappa shape index (κ1) is 14.0. The molecule has 0 aliphatic carbocycles. The lowest BCUT2D eigenvalue weighted by Crippen LogP contribution is -2.44. The number of ether oxygens (including phenoxy) is 1. The van der Waals surface area contributed by atoms with Crippen molar-refractivity contribution in [2.75, 3.05) is 40.3 Å². The van der Waals surface area contributed by atoms with Crippen molar-refractivity contribution in [1.82, 2.24) is 9.80 Å². The van der Waals surface area contributed by atoms with Crippen LogP contribution in [-0.4, -0.2) is 62.0 Å². The Bertz CT molecular complexity index is 281. The number of hydrogen-bond acceptors (Lipinski definition) is 4. The van der Waals surface area contributed by atoms with Gasteiger partial charge in [-0.2, -0.15) is 0 Å². The van der Waals surface area contributed by atoms with Crippen LogP contribution in [0.15, 0.2) is 0 Å². The number of nitrogens with zero attached hydrogens (tertiary/aromatic N) is 2. The Hall–Kier alpha value is -1.10. The summed E-state index contributed by atoms with van der Waals surface area (Å²) >= 11 is 0. The first-order chi connectivity index (χ1) is 8.08.